The van der Waals surface area contributed by atoms with E-state index in [1.807, 2.05) is 30.3 Å². The SMILES string of the molecule is COc1ccc(C(=O)Oc2ccc3ccccc3c2/C=N\NC(=O)c2ccc(Br)cc2)cc1OC. The van der Waals surface area contributed by atoms with Gasteiger partial charge in [-0.05, 0) is 59.3 Å². The van der Waals surface area contributed by atoms with E-state index in [2.05, 4.69) is 26.5 Å². The van der Waals surface area contributed by atoms with Gasteiger partial charge in [0.25, 0.3) is 5.91 Å². The number of carbonyl (C=O) groups is 2. The molecule has 0 saturated heterocycles. The lowest BCUT2D eigenvalue weighted by molar-refractivity contribution is 0.0734. The molecule has 0 radical (unpaired) electrons. The van der Waals surface area contributed by atoms with Crippen LogP contribution in [0.1, 0.15) is 26.3 Å². The number of ether oxygens (including phenoxy) is 3. The van der Waals surface area contributed by atoms with Crippen LogP contribution in [0.15, 0.2) is 88.4 Å². The van der Waals surface area contributed by atoms with Crippen LogP contribution in [0.3, 0.4) is 0 Å². The quantitative estimate of drug-likeness (QED) is 0.145. The lowest BCUT2D eigenvalue weighted by Gasteiger charge is -2.12. The molecule has 35 heavy (non-hydrogen) atoms. The van der Waals surface area contributed by atoms with E-state index in [1.165, 1.54) is 20.4 Å². The zero-order valence-corrected chi connectivity index (χ0v) is 20.5. The first-order valence-electron chi connectivity index (χ1n) is 10.5. The Kier molecular flexibility index (Phi) is 7.42. The topological polar surface area (TPSA) is 86.2 Å². The maximum absolute atomic E-state index is 12.9. The molecule has 0 aliphatic heterocycles. The molecule has 176 valence electrons. The van der Waals surface area contributed by atoms with Crippen molar-refractivity contribution in [1.29, 1.82) is 0 Å². The number of methoxy groups -OCH3 is 2. The third kappa shape index (κ3) is 5.50. The molecule has 1 N–H and O–H groups in total. The van der Waals surface area contributed by atoms with E-state index in [0.717, 1.165) is 15.2 Å². The second-order valence-electron chi connectivity index (χ2n) is 7.36. The number of rotatable bonds is 7. The van der Waals surface area contributed by atoms with Gasteiger partial charge < -0.3 is 14.2 Å². The molecule has 4 aromatic carbocycles. The first kappa shape index (κ1) is 24.0. The van der Waals surface area contributed by atoms with Gasteiger partial charge in [0, 0.05) is 15.6 Å². The minimum atomic E-state index is -0.574. The Morgan fingerprint density at radius 1 is 0.829 bits per heavy atom. The first-order valence-corrected chi connectivity index (χ1v) is 11.3. The van der Waals surface area contributed by atoms with Crippen molar-refractivity contribution in [3.8, 4) is 17.2 Å². The number of fused-ring (bicyclic) bond motifs is 1. The molecule has 0 atom stereocenters. The van der Waals surface area contributed by atoms with Crippen LogP contribution in [0.2, 0.25) is 0 Å². The monoisotopic (exact) mass is 532 g/mol. The highest BCUT2D eigenvalue weighted by Crippen LogP contribution is 2.30. The molecule has 0 unspecified atom stereocenters. The van der Waals surface area contributed by atoms with Gasteiger partial charge in [-0.1, -0.05) is 46.3 Å². The molecule has 1 amide bonds. The number of nitrogens with zero attached hydrogens (tertiary/aromatic N) is 1. The van der Waals surface area contributed by atoms with Crippen LogP contribution in [0.4, 0.5) is 0 Å². The second-order valence-corrected chi connectivity index (χ2v) is 8.28. The van der Waals surface area contributed by atoms with E-state index in [0.29, 0.717) is 33.9 Å². The number of benzene rings is 4. The summed E-state index contributed by atoms with van der Waals surface area (Å²) in [5.74, 6) is 0.278. The summed E-state index contributed by atoms with van der Waals surface area (Å²) < 4.78 is 17.1. The Morgan fingerprint density at radius 3 is 2.26 bits per heavy atom. The average Bonchev–Trinajstić information content (AvgIpc) is 2.89. The molecule has 8 heteroatoms. The van der Waals surface area contributed by atoms with Crippen molar-refractivity contribution in [2.45, 2.75) is 0 Å². The Hall–Kier alpha value is -4.17. The summed E-state index contributed by atoms with van der Waals surface area (Å²) in [4.78, 5) is 25.4. The molecule has 0 aromatic heterocycles. The maximum Gasteiger partial charge on any atom is 0.343 e. The Balaban J connectivity index is 1.62. The number of hydrogen-bond donors (Lipinski definition) is 1. The smallest absolute Gasteiger partial charge is 0.343 e. The molecule has 4 aromatic rings. The van der Waals surface area contributed by atoms with Gasteiger partial charge in [-0.3, -0.25) is 4.79 Å². The molecule has 0 aliphatic carbocycles. The number of halogens is 1. The van der Waals surface area contributed by atoms with Crippen LogP contribution in [-0.4, -0.2) is 32.3 Å². The summed E-state index contributed by atoms with van der Waals surface area (Å²) in [7, 11) is 3.01. The fourth-order valence-corrected chi connectivity index (χ4v) is 3.71. The fraction of sp³-hybridized carbons (Fsp3) is 0.0741. The Labute approximate surface area is 210 Å². The summed E-state index contributed by atoms with van der Waals surface area (Å²) in [5, 5.41) is 5.86. The van der Waals surface area contributed by atoms with Gasteiger partial charge in [-0.15, -0.1) is 0 Å². The second kappa shape index (κ2) is 10.8. The van der Waals surface area contributed by atoms with Gasteiger partial charge >= 0.3 is 5.97 Å². The van der Waals surface area contributed by atoms with Crippen molar-refractivity contribution >= 4 is 44.8 Å². The lowest BCUT2D eigenvalue weighted by Crippen LogP contribution is -2.17. The van der Waals surface area contributed by atoms with Crippen LogP contribution < -0.4 is 19.6 Å². The molecule has 0 bridgehead atoms. The number of carbonyl (C=O) groups excluding carboxylic acids is 2. The highest BCUT2D eigenvalue weighted by Gasteiger charge is 2.16. The minimum Gasteiger partial charge on any atom is -0.493 e. The summed E-state index contributed by atoms with van der Waals surface area (Å²) in [5.41, 5.74) is 3.82. The van der Waals surface area contributed by atoms with E-state index in [4.69, 9.17) is 14.2 Å². The third-order valence-corrected chi connectivity index (χ3v) is 5.75. The van der Waals surface area contributed by atoms with Crippen LogP contribution in [0.5, 0.6) is 17.2 Å². The van der Waals surface area contributed by atoms with Crippen LogP contribution in [0.25, 0.3) is 10.8 Å². The lowest BCUT2D eigenvalue weighted by atomic mass is 10.0. The van der Waals surface area contributed by atoms with Crippen molar-refractivity contribution in [2.24, 2.45) is 5.10 Å². The van der Waals surface area contributed by atoms with Crippen molar-refractivity contribution in [3.05, 3.63) is 100 Å². The number of hydrogen-bond acceptors (Lipinski definition) is 6. The predicted octanol–water partition coefficient (Wildman–Crippen LogP) is 5.60. The van der Waals surface area contributed by atoms with Crippen molar-refractivity contribution in [1.82, 2.24) is 5.43 Å². The van der Waals surface area contributed by atoms with Crippen LogP contribution in [-0.2, 0) is 0 Å². The number of hydrazone groups is 1. The largest absolute Gasteiger partial charge is 0.493 e. The predicted molar refractivity (Wildman–Crippen MR) is 138 cm³/mol. The molecule has 0 spiro atoms. The molecule has 0 fully saturated rings. The van der Waals surface area contributed by atoms with Crippen molar-refractivity contribution < 1.29 is 23.8 Å². The Bertz CT molecular complexity index is 1420. The molecular formula is C27H21BrN2O5. The summed E-state index contributed by atoms with van der Waals surface area (Å²) in [6, 6.07) is 22.8. The minimum absolute atomic E-state index is 0.294. The molecular weight excluding hydrogens is 512 g/mol. The van der Waals surface area contributed by atoms with E-state index in [-0.39, 0.29) is 5.91 Å². The molecule has 4 rings (SSSR count). The van der Waals surface area contributed by atoms with Gasteiger partial charge in [0.1, 0.15) is 5.75 Å². The van der Waals surface area contributed by atoms with Crippen molar-refractivity contribution in [3.63, 3.8) is 0 Å². The number of amides is 1. The maximum atomic E-state index is 12.9. The van der Waals surface area contributed by atoms with Gasteiger partial charge in [0.2, 0.25) is 0 Å². The Morgan fingerprint density at radius 2 is 1.51 bits per heavy atom. The zero-order chi connectivity index (χ0) is 24.8. The molecule has 0 aliphatic rings. The molecule has 0 heterocycles. The van der Waals surface area contributed by atoms with Crippen LogP contribution >= 0.6 is 15.9 Å². The van der Waals surface area contributed by atoms with E-state index < -0.39 is 5.97 Å². The normalized spacial score (nSPS) is 10.8. The van der Waals surface area contributed by atoms with E-state index in [9.17, 15) is 9.59 Å². The highest BCUT2D eigenvalue weighted by atomic mass is 79.9. The third-order valence-electron chi connectivity index (χ3n) is 5.22. The number of esters is 1. The summed E-state index contributed by atoms with van der Waals surface area (Å²) in [6.45, 7) is 0. The highest BCUT2D eigenvalue weighted by molar-refractivity contribution is 9.10. The van der Waals surface area contributed by atoms with Gasteiger partial charge in [0.15, 0.2) is 11.5 Å². The fourth-order valence-electron chi connectivity index (χ4n) is 3.44. The molecule has 0 saturated carbocycles. The molecule has 7 nitrogen and oxygen atoms in total. The van der Waals surface area contributed by atoms with E-state index >= 15 is 0 Å². The standard InChI is InChI=1S/C27H21BrN2O5/c1-33-24-14-10-19(15-25(24)34-2)27(32)35-23-13-9-17-5-3-4-6-21(17)22(23)16-29-30-26(31)18-7-11-20(28)12-8-18/h3-16H,1-2H3,(H,30,31)/b29-16-. The van der Waals surface area contributed by atoms with Gasteiger partial charge in [-0.2, -0.15) is 5.10 Å². The number of nitrogens with one attached hydrogen (secondary N) is 1. The summed E-state index contributed by atoms with van der Waals surface area (Å²) in [6.07, 6.45) is 1.47. The first-order chi connectivity index (χ1) is 17.0. The van der Waals surface area contributed by atoms with Crippen molar-refractivity contribution in [2.75, 3.05) is 14.2 Å². The zero-order valence-electron chi connectivity index (χ0n) is 18.9. The van der Waals surface area contributed by atoms with Gasteiger partial charge in [0.05, 0.1) is 26.0 Å². The van der Waals surface area contributed by atoms with Gasteiger partial charge in [-0.25, -0.2) is 10.2 Å². The van der Waals surface area contributed by atoms with Crippen LogP contribution in [0, 0.1) is 0 Å². The average molecular weight is 533 g/mol. The van der Waals surface area contributed by atoms with E-state index in [1.54, 1.807) is 48.5 Å². The summed E-state index contributed by atoms with van der Waals surface area (Å²) >= 11 is 3.34.